The van der Waals surface area contributed by atoms with Crippen LogP contribution in [0.1, 0.15) is 77.7 Å². The molecule has 0 amide bonds. The molecule has 3 atom stereocenters. The molecule has 9 heteroatoms. The highest BCUT2D eigenvalue weighted by atomic mass is 16.6. The molecule has 0 saturated heterocycles. The van der Waals surface area contributed by atoms with Gasteiger partial charge in [-0.05, 0) is 30.0 Å². The van der Waals surface area contributed by atoms with Gasteiger partial charge in [0.1, 0.15) is 6.04 Å². The number of rotatable bonds is 14. The number of carboxylic acids is 1. The second kappa shape index (κ2) is 14.3. The minimum absolute atomic E-state index is 0.00695. The lowest BCUT2D eigenvalue weighted by atomic mass is 9.82. The van der Waals surface area contributed by atoms with Crippen LogP contribution in [0.2, 0.25) is 0 Å². The van der Waals surface area contributed by atoms with Gasteiger partial charge in [-0.25, -0.2) is 0 Å². The second-order valence-corrected chi connectivity index (χ2v) is 7.87. The summed E-state index contributed by atoms with van der Waals surface area (Å²) in [5.41, 5.74) is 6.44. The lowest BCUT2D eigenvalue weighted by molar-refractivity contribution is -0.145. The quantitative estimate of drug-likeness (QED) is 0.239. The molecule has 0 radical (unpaired) electrons. The van der Waals surface area contributed by atoms with Gasteiger partial charge >= 0.3 is 23.9 Å². The van der Waals surface area contributed by atoms with Crippen LogP contribution < -0.4 is 15.2 Å². The van der Waals surface area contributed by atoms with Gasteiger partial charge in [0.05, 0.1) is 6.61 Å². The predicted molar refractivity (Wildman–Crippen MR) is 121 cm³/mol. The molecule has 0 heterocycles. The number of ether oxygens (including phenoxy) is 3. The summed E-state index contributed by atoms with van der Waals surface area (Å²) >= 11 is 0. The molecule has 184 valence electrons. The van der Waals surface area contributed by atoms with Gasteiger partial charge in [-0.15, -0.1) is 0 Å². The van der Waals surface area contributed by atoms with E-state index in [1.165, 1.54) is 12.1 Å². The van der Waals surface area contributed by atoms with Crippen molar-refractivity contribution in [3.05, 3.63) is 23.8 Å². The fourth-order valence-electron chi connectivity index (χ4n) is 3.25. The standard InChI is InChI=1S/C24H35NO8/c1-5-8-9-10-21(28)31-14-15(4)22(23(25)24(29)30)16-11-12-17(32-19(26)6-2)18(13-16)33-20(27)7-3/h11-13,15,22-23H,5-10,14,25H2,1-4H3,(H,29,30)/t15?,22?,23-/m0/s1. The van der Waals surface area contributed by atoms with E-state index in [-0.39, 0.29) is 36.9 Å². The molecule has 0 spiro atoms. The average Bonchev–Trinajstić information content (AvgIpc) is 2.79. The first-order valence-corrected chi connectivity index (χ1v) is 11.3. The van der Waals surface area contributed by atoms with Crippen LogP contribution in [0.3, 0.4) is 0 Å². The number of esters is 3. The summed E-state index contributed by atoms with van der Waals surface area (Å²) in [7, 11) is 0. The molecule has 2 unspecified atom stereocenters. The number of carboxylic acid groups (broad SMARTS) is 1. The van der Waals surface area contributed by atoms with Crippen molar-refractivity contribution in [3.63, 3.8) is 0 Å². The van der Waals surface area contributed by atoms with Crippen LogP contribution in [0, 0.1) is 5.92 Å². The smallest absolute Gasteiger partial charge is 0.321 e. The monoisotopic (exact) mass is 465 g/mol. The Bertz CT molecular complexity index is 823. The molecular weight excluding hydrogens is 430 g/mol. The third-order valence-electron chi connectivity index (χ3n) is 5.15. The Morgan fingerprint density at radius 1 is 0.939 bits per heavy atom. The highest BCUT2D eigenvalue weighted by Crippen LogP contribution is 2.36. The van der Waals surface area contributed by atoms with Crippen molar-refractivity contribution in [2.45, 2.75) is 78.2 Å². The topological polar surface area (TPSA) is 142 Å². The Hall–Kier alpha value is -2.94. The Morgan fingerprint density at radius 3 is 2.09 bits per heavy atom. The van der Waals surface area contributed by atoms with Gasteiger partial charge in [0.15, 0.2) is 11.5 Å². The minimum atomic E-state index is -1.31. The van der Waals surface area contributed by atoms with Gasteiger partial charge in [0, 0.05) is 25.2 Å². The first kappa shape index (κ1) is 28.1. The van der Waals surface area contributed by atoms with Crippen molar-refractivity contribution >= 4 is 23.9 Å². The Kier molecular flexibility index (Phi) is 12.1. The lowest BCUT2D eigenvalue weighted by Crippen LogP contribution is -2.40. The normalized spacial score (nSPS) is 13.5. The Balaban J connectivity index is 3.20. The lowest BCUT2D eigenvalue weighted by Gasteiger charge is -2.28. The van der Waals surface area contributed by atoms with Crippen molar-refractivity contribution < 1.29 is 38.5 Å². The van der Waals surface area contributed by atoms with Crippen molar-refractivity contribution in [1.29, 1.82) is 0 Å². The number of carbonyl (C=O) groups excluding carboxylic acids is 3. The van der Waals surface area contributed by atoms with Gasteiger partial charge in [-0.1, -0.05) is 46.6 Å². The largest absolute Gasteiger partial charge is 0.480 e. The fraction of sp³-hybridized carbons (Fsp3) is 0.583. The molecule has 0 bridgehead atoms. The average molecular weight is 466 g/mol. The predicted octanol–water partition coefficient (Wildman–Crippen LogP) is 3.57. The molecule has 0 aliphatic carbocycles. The maximum Gasteiger partial charge on any atom is 0.321 e. The molecule has 33 heavy (non-hydrogen) atoms. The minimum Gasteiger partial charge on any atom is -0.480 e. The number of benzene rings is 1. The summed E-state index contributed by atoms with van der Waals surface area (Å²) in [6.45, 7) is 6.99. The molecular formula is C24H35NO8. The summed E-state index contributed by atoms with van der Waals surface area (Å²) < 4.78 is 15.9. The third-order valence-corrected chi connectivity index (χ3v) is 5.15. The van der Waals surface area contributed by atoms with Crippen LogP contribution in [-0.2, 0) is 23.9 Å². The van der Waals surface area contributed by atoms with Gasteiger partial charge < -0.3 is 25.1 Å². The number of hydrogen-bond donors (Lipinski definition) is 2. The summed E-state index contributed by atoms with van der Waals surface area (Å²) in [4.78, 5) is 47.3. The highest BCUT2D eigenvalue weighted by molar-refractivity contribution is 5.77. The van der Waals surface area contributed by atoms with Crippen LogP contribution in [0.25, 0.3) is 0 Å². The molecule has 1 aromatic carbocycles. The molecule has 3 N–H and O–H groups in total. The van der Waals surface area contributed by atoms with Crippen molar-refractivity contribution in [3.8, 4) is 11.5 Å². The third kappa shape index (κ3) is 9.21. The second-order valence-electron chi connectivity index (χ2n) is 7.87. The van der Waals surface area contributed by atoms with Crippen molar-refractivity contribution in [2.75, 3.05) is 6.61 Å². The molecule has 0 aromatic heterocycles. The van der Waals surface area contributed by atoms with E-state index in [0.717, 1.165) is 19.3 Å². The van der Waals surface area contributed by atoms with E-state index in [4.69, 9.17) is 19.9 Å². The van der Waals surface area contributed by atoms with E-state index in [0.29, 0.717) is 12.0 Å². The molecule has 0 aliphatic heterocycles. The van der Waals surface area contributed by atoms with Gasteiger partial charge in [0.25, 0.3) is 0 Å². The molecule has 0 fully saturated rings. The first-order chi connectivity index (χ1) is 15.6. The molecule has 9 nitrogen and oxygen atoms in total. The zero-order valence-corrected chi connectivity index (χ0v) is 19.8. The van der Waals surface area contributed by atoms with E-state index in [2.05, 4.69) is 0 Å². The van der Waals surface area contributed by atoms with Crippen LogP contribution in [0.4, 0.5) is 0 Å². The van der Waals surface area contributed by atoms with Crippen molar-refractivity contribution in [2.24, 2.45) is 11.7 Å². The van der Waals surface area contributed by atoms with E-state index in [1.54, 1.807) is 26.8 Å². The number of hydrogen-bond acceptors (Lipinski definition) is 8. The number of carbonyl (C=O) groups is 4. The Labute approximate surface area is 194 Å². The summed E-state index contributed by atoms with van der Waals surface area (Å²) in [6.07, 6.45) is 3.14. The summed E-state index contributed by atoms with van der Waals surface area (Å²) in [6, 6.07) is 3.14. The van der Waals surface area contributed by atoms with Gasteiger partial charge in [0.2, 0.25) is 0 Å². The molecule has 1 rings (SSSR count). The van der Waals surface area contributed by atoms with E-state index in [1.807, 2.05) is 6.92 Å². The van der Waals surface area contributed by atoms with Crippen LogP contribution in [0.5, 0.6) is 11.5 Å². The highest BCUT2D eigenvalue weighted by Gasteiger charge is 2.32. The summed E-state index contributed by atoms with van der Waals surface area (Å²) in [5, 5.41) is 9.55. The van der Waals surface area contributed by atoms with E-state index in [9.17, 15) is 24.3 Å². The molecule has 0 saturated carbocycles. The SMILES string of the molecule is CCCCCC(=O)OCC(C)C(c1ccc(OC(=O)CC)c(OC(=O)CC)c1)[C@H](N)C(=O)O. The zero-order valence-electron chi connectivity index (χ0n) is 19.8. The number of nitrogens with two attached hydrogens (primary N) is 1. The maximum atomic E-state index is 12.0. The molecule has 1 aromatic rings. The van der Waals surface area contributed by atoms with Crippen LogP contribution in [-0.4, -0.2) is 41.6 Å². The van der Waals surface area contributed by atoms with E-state index < -0.39 is 35.8 Å². The fourth-order valence-corrected chi connectivity index (χ4v) is 3.25. The first-order valence-electron chi connectivity index (χ1n) is 11.3. The van der Waals surface area contributed by atoms with Gasteiger partial charge in [-0.2, -0.15) is 0 Å². The zero-order chi connectivity index (χ0) is 25.0. The van der Waals surface area contributed by atoms with Crippen LogP contribution >= 0.6 is 0 Å². The number of aliphatic carboxylic acids is 1. The van der Waals surface area contributed by atoms with Crippen LogP contribution in [0.15, 0.2) is 18.2 Å². The summed E-state index contributed by atoms with van der Waals surface area (Å²) in [5.74, 6) is -3.82. The molecule has 0 aliphatic rings. The van der Waals surface area contributed by atoms with Gasteiger partial charge in [-0.3, -0.25) is 19.2 Å². The Morgan fingerprint density at radius 2 is 1.55 bits per heavy atom. The van der Waals surface area contributed by atoms with Crippen molar-refractivity contribution in [1.82, 2.24) is 0 Å². The number of unbranched alkanes of at least 4 members (excludes halogenated alkanes) is 2. The van der Waals surface area contributed by atoms with E-state index >= 15 is 0 Å². The maximum absolute atomic E-state index is 12.0.